The Morgan fingerprint density at radius 2 is 1.96 bits per heavy atom. The molecule has 1 N–H and O–H groups in total. The first-order chi connectivity index (χ1) is 13.6. The molecule has 0 aliphatic rings. The van der Waals surface area contributed by atoms with Crippen molar-refractivity contribution in [2.24, 2.45) is 0 Å². The molecule has 1 amide bonds. The van der Waals surface area contributed by atoms with Crippen molar-refractivity contribution in [2.45, 2.75) is 6.42 Å². The number of methoxy groups -OCH3 is 1. The fourth-order valence-corrected chi connectivity index (χ4v) is 2.75. The maximum Gasteiger partial charge on any atom is 0.272 e. The van der Waals surface area contributed by atoms with Crippen LogP contribution in [0.2, 0.25) is 5.02 Å². The zero-order valence-corrected chi connectivity index (χ0v) is 16.3. The third-order valence-electron chi connectivity index (χ3n) is 4.11. The zero-order chi connectivity index (χ0) is 19.9. The number of aromatic nitrogens is 3. The van der Waals surface area contributed by atoms with Crippen molar-refractivity contribution in [3.63, 3.8) is 0 Å². The number of likely N-dealkylation sites (N-methyl/N-ethyl adjacent to an activating group) is 1. The van der Waals surface area contributed by atoms with Gasteiger partial charge in [-0.15, -0.1) is 0 Å². The second-order valence-electron chi connectivity index (χ2n) is 6.07. The van der Waals surface area contributed by atoms with Crippen molar-refractivity contribution < 1.29 is 9.53 Å². The SMILES string of the molecule is COc1ccc(Cl)cc1Nc1nccc(C(=O)N(C)CCc2ccncc2)n1. The second kappa shape index (κ2) is 9.14. The number of anilines is 2. The Labute approximate surface area is 168 Å². The van der Waals surface area contributed by atoms with Gasteiger partial charge >= 0.3 is 0 Å². The lowest BCUT2D eigenvalue weighted by Crippen LogP contribution is -2.29. The van der Waals surface area contributed by atoms with Crippen LogP contribution in [0.25, 0.3) is 0 Å². The summed E-state index contributed by atoms with van der Waals surface area (Å²) in [6.45, 7) is 0.567. The second-order valence-corrected chi connectivity index (χ2v) is 6.50. The van der Waals surface area contributed by atoms with Crippen LogP contribution >= 0.6 is 11.6 Å². The molecule has 0 saturated heterocycles. The Balaban J connectivity index is 1.70. The molecular formula is C20H20ClN5O2. The number of benzene rings is 1. The predicted molar refractivity (Wildman–Crippen MR) is 108 cm³/mol. The number of rotatable bonds is 7. The summed E-state index contributed by atoms with van der Waals surface area (Å²) in [6, 6.07) is 10.6. The van der Waals surface area contributed by atoms with E-state index in [1.807, 2.05) is 12.1 Å². The van der Waals surface area contributed by atoms with Gasteiger partial charge in [-0.3, -0.25) is 9.78 Å². The van der Waals surface area contributed by atoms with E-state index in [1.54, 1.807) is 55.7 Å². The van der Waals surface area contributed by atoms with Crippen LogP contribution in [0.5, 0.6) is 5.75 Å². The summed E-state index contributed by atoms with van der Waals surface area (Å²) in [5.74, 6) is 0.700. The van der Waals surface area contributed by atoms with E-state index in [0.717, 1.165) is 12.0 Å². The highest BCUT2D eigenvalue weighted by atomic mass is 35.5. The summed E-state index contributed by atoms with van der Waals surface area (Å²) in [4.78, 5) is 26.8. The standard InChI is InChI=1S/C20H20ClN5O2/c1-26(12-8-14-5-9-22-10-6-14)19(27)16-7-11-23-20(24-16)25-17-13-15(21)3-4-18(17)28-2/h3-7,9-11,13H,8,12H2,1-2H3,(H,23,24,25). The number of nitrogens with one attached hydrogen (secondary N) is 1. The molecule has 0 aliphatic carbocycles. The van der Waals surface area contributed by atoms with Gasteiger partial charge in [-0.05, 0) is 48.4 Å². The Bertz CT molecular complexity index is 952. The molecule has 8 heteroatoms. The highest BCUT2D eigenvalue weighted by Gasteiger charge is 2.15. The molecule has 2 aromatic heterocycles. The number of nitrogens with zero attached hydrogens (tertiary/aromatic N) is 4. The minimum Gasteiger partial charge on any atom is -0.495 e. The third-order valence-corrected chi connectivity index (χ3v) is 4.35. The Morgan fingerprint density at radius 3 is 2.71 bits per heavy atom. The van der Waals surface area contributed by atoms with Crippen LogP contribution < -0.4 is 10.1 Å². The highest BCUT2D eigenvalue weighted by Crippen LogP contribution is 2.29. The van der Waals surface area contributed by atoms with Crippen molar-refractivity contribution in [2.75, 3.05) is 26.0 Å². The molecule has 0 fully saturated rings. The molecule has 0 bridgehead atoms. The van der Waals surface area contributed by atoms with Crippen LogP contribution in [0.4, 0.5) is 11.6 Å². The molecule has 7 nitrogen and oxygen atoms in total. The van der Waals surface area contributed by atoms with Gasteiger partial charge in [0.1, 0.15) is 11.4 Å². The average Bonchev–Trinajstić information content (AvgIpc) is 2.72. The van der Waals surface area contributed by atoms with Gasteiger partial charge in [0, 0.05) is 37.2 Å². The van der Waals surface area contributed by atoms with Crippen LogP contribution in [0.1, 0.15) is 16.1 Å². The van der Waals surface area contributed by atoms with Crippen molar-refractivity contribution in [3.05, 3.63) is 71.3 Å². The molecule has 144 valence electrons. The number of amides is 1. The Morgan fingerprint density at radius 1 is 1.18 bits per heavy atom. The molecule has 0 unspecified atom stereocenters. The van der Waals surface area contributed by atoms with Crippen LogP contribution in [-0.2, 0) is 6.42 Å². The minimum atomic E-state index is -0.183. The zero-order valence-electron chi connectivity index (χ0n) is 15.6. The van der Waals surface area contributed by atoms with Gasteiger partial charge in [0.05, 0.1) is 12.8 Å². The maximum atomic E-state index is 12.7. The fourth-order valence-electron chi connectivity index (χ4n) is 2.58. The van der Waals surface area contributed by atoms with Crippen LogP contribution in [0.15, 0.2) is 55.0 Å². The molecule has 0 atom stereocenters. The van der Waals surface area contributed by atoms with E-state index >= 15 is 0 Å². The number of hydrogen-bond acceptors (Lipinski definition) is 6. The lowest BCUT2D eigenvalue weighted by molar-refractivity contribution is 0.0791. The molecule has 3 rings (SSSR count). The summed E-state index contributed by atoms with van der Waals surface area (Å²) in [5.41, 5.74) is 2.04. The van der Waals surface area contributed by atoms with E-state index in [-0.39, 0.29) is 11.9 Å². The maximum absolute atomic E-state index is 12.7. The van der Waals surface area contributed by atoms with Gasteiger partial charge in [-0.25, -0.2) is 9.97 Å². The first-order valence-corrected chi connectivity index (χ1v) is 9.02. The number of carbonyl (C=O) groups is 1. The van der Waals surface area contributed by atoms with E-state index in [2.05, 4.69) is 20.3 Å². The Hall–Kier alpha value is -3.19. The van der Waals surface area contributed by atoms with E-state index in [4.69, 9.17) is 16.3 Å². The van der Waals surface area contributed by atoms with Gasteiger partial charge in [0.25, 0.3) is 5.91 Å². The fraction of sp³-hybridized carbons (Fsp3) is 0.200. The van der Waals surface area contributed by atoms with Crippen LogP contribution in [-0.4, -0.2) is 46.5 Å². The van der Waals surface area contributed by atoms with Gasteiger partial charge < -0.3 is 15.0 Å². The van der Waals surface area contributed by atoms with E-state index in [0.29, 0.717) is 28.7 Å². The molecular weight excluding hydrogens is 378 g/mol. The van der Waals surface area contributed by atoms with Gasteiger partial charge in [-0.1, -0.05) is 11.6 Å². The van der Waals surface area contributed by atoms with Gasteiger partial charge in [0.2, 0.25) is 5.95 Å². The third kappa shape index (κ3) is 4.95. The molecule has 2 heterocycles. The summed E-state index contributed by atoms with van der Waals surface area (Å²) in [5, 5.41) is 3.59. The predicted octanol–water partition coefficient (Wildman–Crippen LogP) is 3.59. The normalized spacial score (nSPS) is 10.4. The largest absolute Gasteiger partial charge is 0.495 e. The summed E-state index contributed by atoms with van der Waals surface area (Å²) < 4.78 is 5.31. The monoisotopic (exact) mass is 397 g/mol. The van der Waals surface area contributed by atoms with E-state index < -0.39 is 0 Å². The minimum absolute atomic E-state index is 0.183. The number of halogens is 1. The van der Waals surface area contributed by atoms with Crippen LogP contribution in [0.3, 0.4) is 0 Å². The van der Waals surface area contributed by atoms with Crippen molar-refractivity contribution >= 4 is 29.1 Å². The molecule has 0 aliphatic heterocycles. The van der Waals surface area contributed by atoms with E-state index in [9.17, 15) is 4.79 Å². The number of pyridine rings is 1. The summed E-state index contributed by atoms with van der Waals surface area (Å²) in [7, 11) is 3.31. The Kier molecular flexibility index (Phi) is 6.39. The summed E-state index contributed by atoms with van der Waals surface area (Å²) >= 11 is 6.05. The van der Waals surface area contributed by atoms with Crippen molar-refractivity contribution in [1.29, 1.82) is 0 Å². The average molecular weight is 398 g/mol. The van der Waals surface area contributed by atoms with Crippen LogP contribution in [0, 0.1) is 0 Å². The van der Waals surface area contributed by atoms with Gasteiger partial charge in [0.15, 0.2) is 0 Å². The number of ether oxygens (including phenoxy) is 1. The molecule has 3 aromatic rings. The molecule has 0 radical (unpaired) electrons. The lowest BCUT2D eigenvalue weighted by atomic mass is 10.2. The number of carbonyl (C=O) groups excluding carboxylic acids is 1. The highest BCUT2D eigenvalue weighted by molar-refractivity contribution is 6.31. The topological polar surface area (TPSA) is 80.2 Å². The quantitative estimate of drug-likeness (QED) is 0.656. The molecule has 28 heavy (non-hydrogen) atoms. The molecule has 1 aromatic carbocycles. The van der Waals surface area contributed by atoms with Gasteiger partial charge in [-0.2, -0.15) is 0 Å². The van der Waals surface area contributed by atoms with Crippen molar-refractivity contribution in [1.82, 2.24) is 19.9 Å². The summed E-state index contributed by atoms with van der Waals surface area (Å²) in [6.07, 6.45) is 5.75. The van der Waals surface area contributed by atoms with E-state index in [1.165, 1.54) is 6.20 Å². The first-order valence-electron chi connectivity index (χ1n) is 8.65. The number of hydrogen-bond donors (Lipinski definition) is 1. The first kappa shape index (κ1) is 19.6. The smallest absolute Gasteiger partial charge is 0.272 e. The van der Waals surface area contributed by atoms with Crippen molar-refractivity contribution in [3.8, 4) is 5.75 Å². The molecule has 0 saturated carbocycles. The lowest BCUT2D eigenvalue weighted by Gasteiger charge is -2.17. The molecule has 0 spiro atoms.